The second kappa shape index (κ2) is 8.55. The number of carbonyl (C=O) groups excluding carboxylic acids is 3. The van der Waals surface area contributed by atoms with Crippen LogP contribution < -0.4 is 4.90 Å². The van der Waals surface area contributed by atoms with E-state index in [1.165, 1.54) is 6.92 Å². The minimum absolute atomic E-state index is 0.0178. The first-order chi connectivity index (χ1) is 14.9. The summed E-state index contributed by atoms with van der Waals surface area (Å²) in [6.45, 7) is 4.32. The fourth-order valence-corrected chi connectivity index (χ4v) is 3.73. The number of carbonyl (C=O) groups is 3. The van der Waals surface area contributed by atoms with Crippen molar-refractivity contribution >= 4 is 23.3 Å². The second-order valence-electron chi connectivity index (χ2n) is 7.58. The van der Waals surface area contributed by atoms with Crippen LogP contribution in [0.4, 0.5) is 5.69 Å². The summed E-state index contributed by atoms with van der Waals surface area (Å²) in [5, 5.41) is 4.16. The Balaban J connectivity index is 1.39. The Labute approximate surface area is 180 Å². The van der Waals surface area contributed by atoms with Crippen molar-refractivity contribution in [3.8, 4) is 0 Å². The van der Waals surface area contributed by atoms with E-state index in [1.807, 2.05) is 24.4 Å². The van der Waals surface area contributed by atoms with Gasteiger partial charge in [-0.25, -0.2) is 4.79 Å². The summed E-state index contributed by atoms with van der Waals surface area (Å²) in [4.78, 5) is 38.7. The molecule has 1 amide bonds. The molecule has 1 unspecified atom stereocenters. The van der Waals surface area contributed by atoms with Gasteiger partial charge in [-0.05, 0) is 60.9 Å². The number of rotatable bonds is 6. The Morgan fingerprint density at radius 3 is 2.52 bits per heavy atom. The lowest BCUT2D eigenvalue weighted by molar-refractivity contribution is -0.116. The van der Waals surface area contributed by atoms with Crippen molar-refractivity contribution in [3.63, 3.8) is 0 Å². The van der Waals surface area contributed by atoms with E-state index in [-0.39, 0.29) is 11.7 Å². The number of ether oxygens (including phenoxy) is 1. The molecular formula is C24H23N3O4. The molecule has 0 N–H and O–H groups in total. The summed E-state index contributed by atoms with van der Waals surface area (Å²) >= 11 is 0. The Morgan fingerprint density at radius 2 is 1.84 bits per heavy atom. The fourth-order valence-electron chi connectivity index (χ4n) is 3.73. The standard InChI is InChI=1S/C24H23N3O4/c1-16(23(29)21-8-9-22-20(14-21)10-13-27(22)17(2)28)31-24(30)19-6-4-18(5-7-19)15-26-12-3-11-25-26/h3-9,11-12,14,16H,10,13,15H2,1-2H3. The normalized spacial score (nSPS) is 13.5. The SMILES string of the molecule is CC(=O)N1CCc2cc(C(=O)C(C)OC(=O)c3ccc(Cn4cccn4)cc3)ccc21. The van der Waals surface area contributed by atoms with Gasteiger partial charge < -0.3 is 9.64 Å². The third-order valence-corrected chi connectivity index (χ3v) is 5.39. The summed E-state index contributed by atoms with van der Waals surface area (Å²) in [6.07, 6.45) is 3.37. The van der Waals surface area contributed by atoms with Crippen LogP contribution in [0.5, 0.6) is 0 Å². The average molecular weight is 417 g/mol. The maximum absolute atomic E-state index is 12.8. The van der Waals surface area contributed by atoms with E-state index in [0.717, 1.165) is 16.8 Å². The maximum atomic E-state index is 12.8. The zero-order valence-corrected chi connectivity index (χ0v) is 17.4. The molecule has 7 heteroatoms. The Hall–Kier alpha value is -3.74. The molecule has 0 fully saturated rings. The molecule has 0 saturated carbocycles. The van der Waals surface area contributed by atoms with Crippen LogP contribution in [0.1, 0.15) is 45.7 Å². The number of anilines is 1. The van der Waals surface area contributed by atoms with Crippen LogP contribution in [0.25, 0.3) is 0 Å². The average Bonchev–Trinajstić information content (AvgIpc) is 3.42. The van der Waals surface area contributed by atoms with Gasteiger partial charge in [-0.2, -0.15) is 5.10 Å². The molecule has 0 bridgehead atoms. The van der Waals surface area contributed by atoms with E-state index in [0.29, 0.717) is 30.6 Å². The smallest absolute Gasteiger partial charge is 0.338 e. The Morgan fingerprint density at radius 1 is 1.10 bits per heavy atom. The van der Waals surface area contributed by atoms with Gasteiger partial charge in [-0.3, -0.25) is 14.3 Å². The van der Waals surface area contributed by atoms with Crippen molar-refractivity contribution in [2.24, 2.45) is 0 Å². The Kier molecular flexibility index (Phi) is 5.66. The first-order valence-electron chi connectivity index (χ1n) is 10.1. The van der Waals surface area contributed by atoms with Gasteiger partial charge in [0.15, 0.2) is 6.10 Å². The topological polar surface area (TPSA) is 81.5 Å². The lowest BCUT2D eigenvalue weighted by atomic mass is 10.0. The number of ketones is 1. The number of fused-ring (bicyclic) bond motifs is 1. The van der Waals surface area contributed by atoms with Crippen molar-refractivity contribution in [2.75, 3.05) is 11.4 Å². The summed E-state index contributed by atoms with van der Waals surface area (Å²) in [5.74, 6) is -0.834. The monoisotopic (exact) mass is 417 g/mol. The first kappa shape index (κ1) is 20.5. The number of nitrogens with zero attached hydrogens (tertiary/aromatic N) is 3. The number of aromatic nitrogens is 2. The molecule has 3 aromatic rings. The van der Waals surface area contributed by atoms with E-state index in [2.05, 4.69) is 5.10 Å². The van der Waals surface area contributed by atoms with E-state index in [1.54, 1.807) is 53.0 Å². The van der Waals surface area contributed by atoms with Crippen LogP contribution in [0, 0.1) is 0 Å². The summed E-state index contributed by atoms with van der Waals surface area (Å²) < 4.78 is 7.20. The van der Waals surface area contributed by atoms with E-state index >= 15 is 0 Å². The highest BCUT2D eigenvalue weighted by atomic mass is 16.5. The van der Waals surface area contributed by atoms with Crippen LogP contribution in [-0.2, 0) is 22.5 Å². The number of hydrogen-bond donors (Lipinski definition) is 0. The van der Waals surface area contributed by atoms with Crippen molar-refractivity contribution in [2.45, 2.75) is 32.9 Å². The van der Waals surface area contributed by atoms with Crippen molar-refractivity contribution < 1.29 is 19.1 Å². The lowest BCUT2D eigenvalue weighted by Crippen LogP contribution is -2.26. The maximum Gasteiger partial charge on any atom is 0.338 e. The zero-order chi connectivity index (χ0) is 22.0. The van der Waals surface area contributed by atoms with Gasteiger partial charge in [0, 0.05) is 37.1 Å². The lowest BCUT2D eigenvalue weighted by Gasteiger charge is -2.16. The van der Waals surface area contributed by atoms with Crippen LogP contribution in [0.2, 0.25) is 0 Å². The summed E-state index contributed by atoms with van der Waals surface area (Å²) in [6, 6.07) is 14.1. The number of hydrogen-bond acceptors (Lipinski definition) is 5. The van der Waals surface area contributed by atoms with E-state index in [4.69, 9.17) is 4.74 Å². The number of esters is 1. The molecule has 0 radical (unpaired) electrons. The largest absolute Gasteiger partial charge is 0.451 e. The molecule has 2 aromatic carbocycles. The predicted octanol–water partition coefficient (Wildman–Crippen LogP) is 3.27. The van der Waals surface area contributed by atoms with Gasteiger partial charge in [-0.15, -0.1) is 0 Å². The summed E-state index contributed by atoms with van der Waals surface area (Å²) in [7, 11) is 0. The minimum atomic E-state index is -0.917. The molecule has 1 atom stereocenters. The molecule has 0 aliphatic carbocycles. The third-order valence-electron chi connectivity index (χ3n) is 5.39. The molecule has 1 aliphatic rings. The quantitative estimate of drug-likeness (QED) is 0.454. The van der Waals surface area contributed by atoms with Gasteiger partial charge in [0.05, 0.1) is 12.1 Å². The first-order valence-corrected chi connectivity index (χ1v) is 10.1. The highest BCUT2D eigenvalue weighted by molar-refractivity contribution is 6.02. The van der Waals surface area contributed by atoms with Crippen LogP contribution in [-0.4, -0.2) is 40.1 Å². The minimum Gasteiger partial charge on any atom is -0.451 e. The second-order valence-corrected chi connectivity index (χ2v) is 7.58. The molecule has 31 heavy (non-hydrogen) atoms. The highest BCUT2D eigenvalue weighted by Crippen LogP contribution is 2.29. The van der Waals surface area contributed by atoms with Crippen molar-refractivity contribution in [1.29, 1.82) is 0 Å². The predicted molar refractivity (Wildman–Crippen MR) is 115 cm³/mol. The molecule has 158 valence electrons. The number of benzene rings is 2. The summed E-state index contributed by atoms with van der Waals surface area (Å²) in [5.41, 5.74) is 3.65. The molecule has 4 rings (SSSR count). The molecule has 2 heterocycles. The number of Topliss-reactive ketones (excluding diaryl/α,β-unsaturated/α-hetero) is 1. The van der Waals surface area contributed by atoms with Crippen LogP contribution in [0.15, 0.2) is 60.9 Å². The third kappa shape index (κ3) is 4.40. The fraction of sp³-hybridized carbons (Fsp3) is 0.250. The molecule has 0 spiro atoms. The molecular weight excluding hydrogens is 394 g/mol. The van der Waals surface area contributed by atoms with Crippen LogP contribution >= 0.6 is 0 Å². The van der Waals surface area contributed by atoms with Gasteiger partial charge in [0.1, 0.15) is 0 Å². The highest BCUT2D eigenvalue weighted by Gasteiger charge is 2.25. The molecule has 0 saturated heterocycles. The molecule has 1 aliphatic heterocycles. The van der Waals surface area contributed by atoms with Gasteiger partial charge in [-0.1, -0.05) is 12.1 Å². The molecule has 1 aromatic heterocycles. The number of amides is 1. The van der Waals surface area contributed by atoms with Crippen molar-refractivity contribution in [1.82, 2.24) is 9.78 Å². The van der Waals surface area contributed by atoms with E-state index in [9.17, 15) is 14.4 Å². The zero-order valence-electron chi connectivity index (χ0n) is 17.4. The van der Waals surface area contributed by atoms with Crippen molar-refractivity contribution in [3.05, 3.63) is 83.2 Å². The Bertz CT molecular complexity index is 1120. The van der Waals surface area contributed by atoms with Gasteiger partial charge >= 0.3 is 5.97 Å². The van der Waals surface area contributed by atoms with Gasteiger partial charge in [0.2, 0.25) is 11.7 Å². The molecule has 7 nitrogen and oxygen atoms in total. The van der Waals surface area contributed by atoms with E-state index < -0.39 is 12.1 Å². The van der Waals surface area contributed by atoms with Gasteiger partial charge in [0.25, 0.3) is 0 Å². The van der Waals surface area contributed by atoms with Crippen LogP contribution in [0.3, 0.4) is 0 Å².